The fraction of sp³-hybridized carbons (Fsp3) is 0.438. The second-order valence-corrected chi connectivity index (χ2v) is 5.25. The predicted octanol–water partition coefficient (Wildman–Crippen LogP) is -0.0794. The highest BCUT2D eigenvalue weighted by Crippen LogP contribution is 2.27. The van der Waals surface area contributed by atoms with E-state index in [1.54, 1.807) is 21.3 Å². The number of carbonyl (C=O) groups is 2. The molecule has 1 aromatic rings. The lowest BCUT2D eigenvalue weighted by molar-refractivity contribution is -0.124. The summed E-state index contributed by atoms with van der Waals surface area (Å²) in [7, 11) is 4.83. The van der Waals surface area contributed by atoms with Crippen LogP contribution < -0.4 is 25.4 Å². The van der Waals surface area contributed by atoms with Crippen molar-refractivity contribution >= 4 is 17.9 Å². The Labute approximate surface area is 146 Å². The zero-order chi connectivity index (χ0) is 18.2. The van der Waals surface area contributed by atoms with Gasteiger partial charge in [-0.1, -0.05) is 6.07 Å². The minimum absolute atomic E-state index is 0.0606. The van der Waals surface area contributed by atoms with Gasteiger partial charge in [0.05, 0.1) is 20.8 Å². The molecule has 0 bridgehead atoms. The highest BCUT2D eigenvalue weighted by Gasteiger charge is 2.27. The number of methoxy groups -OCH3 is 2. The molecular formula is C16H23N5O4. The first-order valence-electron chi connectivity index (χ1n) is 7.82. The zero-order valence-corrected chi connectivity index (χ0v) is 14.6. The van der Waals surface area contributed by atoms with Crippen LogP contribution in [-0.4, -0.2) is 63.7 Å². The SMILES string of the molecule is CN=C(NCCN1C(=O)CNC1=O)NCc1ccc(OC)c(OC)c1. The second-order valence-electron chi connectivity index (χ2n) is 5.25. The van der Waals surface area contributed by atoms with Gasteiger partial charge in [0.2, 0.25) is 5.91 Å². The molecule has 1 aliphatic rings. The van der Waals surface area contributed by atoms with Crippen molar-refractivity contribution in [1.29, 1.82) is 0 Å². The van der Waals surface area contributed by atoms with Gasteiger partial charge in [-0.2, -0.15) is 0 Å². The summed E-state index contributed by atoms with van der Waals surface area (Å²) in [6.07, 6.45) is 0. The molecule has 9 heteroatoms. The minimum Gasteiger partial charge on any atom is -0.493 e. The number of amides is 3. The van der Waals surface area contributed by atoms with Gasteiger partial charge >= 0.3 is 6.03 Å². The fourth-order valence-corrected chi connectivity index (χ4v) is 2.36. The van der Waals surface area contributed by atoms with E-state index in [-0.39, 0.29) is 25.0 Å². The molecule has 3 N–H and O–H groups in total. The van der Waals surface area contributed by atoms with Crippen LogP contribution in [0.25, 0.3) is 0 Å². The Hall–Kier alpha value is -2.97. The smallest absolute Gasteiger partial charge is 0.324 e. The van der Waals surface area contributed by atoms with Crippen molar-refractivity contribution in [2.24, 2.45) is 4.99 Å². The number of nitrogens with one attached hydrogen (secondary N) is 3. The van der Waals surface area contributed by atoms with Crippen LogP contribution in [0.2, 0.25) is 0 Å². The third-order valence-corrected chi connectivity index (χ3v) is 3.70. The number of aliphatic imine (C=N–C) groups is 1. The number of imide groups is 1. The lowest BCUT2D eigenvalue weighted by Crippen LogP contribution is -2.43. The van der Waals surface area contributed by atoms with Gasteiger partial charge in [-0.15, -0.1) is 0 Å². The molecule has 0 radical (unpaired) electrons. The van der Waals surface area contributed by atoms with Crippen molar-refractivity contribution in [3.63, 3.8) is 0 Å². The summed E-state index contributed by atoms with van der Waals surface area (Å²) in [5.74, 6) is 1.67. The van der Waals surface area contributed by atoms with Crippen molar-refractivity contribution in [3.05, 3.63) is 23.8 Å². The van der Waals surface area contributed by atoms with Crippen LogP contribution in [0.4, 0.5) is 4.79 Å². The molecule has 3 amide bonds. The van der Waals surface area contributed by atoms with E-state index in [0.717, 1.165) is 5.56 Å². The number of benzene rings is 1. The Morgan fingerprint density at radius 1 is 1.24 bits per heavy atom. The first-order chi connectivity index (χ1) is 12.1. The van der Waals surface area contributed by atoms with Crippen LogP contribution in [0.1, 0.15) is 5.56 Å². The first-order valence-corrected chi connectivity index (χ1v) is 7.82. The summed E-state index contributed by atoms with van der Waals surface area (Å²) < 4.78 is 10.5. The molecule has 1 aliphatic heterocycles. The fourth-order valence-electron chi connectivity index (χ4n) is 2.36. The molecule has 2 rings (SSSR count). The first kappa shape index (κ1) is 18.4. The van der Waals surface area contributed by atoms with E-state index in [2.05, 4.69) is 20.9 Å². The Bertz CT molecular complexity index is 646. The Kier molecular flexibility index (Phi) is 6.44. The van der Waals surface area contributed by atoms with E-state index < -0.39 is 0 Å². The van der Waals surface area contributed by atoms with Crippen molar-refractivity contribution in [2.75, 3.05) is 40.9 Å². The van der Waals surface area contributed by atoms with Crippen LogP contribution in [0, 0.1) is 0 Å². The standard InChI is InChI=1S/C16H23N5O4/c1-17-15(18-6-7-21-14(22)10-20-16(21)23)19-9-11-4-5-12(24-2)13(8-11)25-3/h4-5,8H,6-7,9-10H2,1-3H3,(H,20,23)(H2,17,18,19). The minimum atomic E-state index is -0.361. The molecule has 1 saturated heterocycles. The van der Waals surface area contributed by atoms with Gasteiger partial charge in [-0.3, -0.25) is 14.7 Å². The number of guanidine groups is 1. The number of hydrogen-bond donors (Lipinski definition) is 3. The predicted molar refractivity (Wildman–Crippen MR) is 92.9 cm³/mol. The molecule has 0 aromatic heterocycles. The Morgan fingerprint density at radius 2 is 2.00 bits per heavy atom. The maximum atomic E-state index is 11.5. The summed E-state index contributed by atoms with van der Waals surface area (Å²) in [6.45, 7) is 1.28. The maximum absolute atomic E-state index is 11.5. The number of hydrogen-bond acceptors (Lipinski definition) is 5. The van der Waals surface area contributed by atoms with E-state index in [1.165, 1.54) is 4.90 Å². The normalized spacial score (nSPS) is 14.4. The Morgan fingerprint density at radius 3 is 2.60 bits per heavy atom. The van der Waals surface area contributed by atoms with E-state index in [4.69, 9.17) is 9.47 Å². The molecule has 0 saturated carbocycles. The van der Waals surface area contributed by atoms with Crippen LogP contribution in [0.3, 0.4) is 0 Å². The number of ether oxygens (including phenoxy) is 2. The molecule has 0 aliphatic carbocycles. The quantitative estimate of drug-likeness (QED) is 0.361. The van der Waals surface area contributed by atoms with Crippen molar-refractivity contribution in [2.45, 2.75) is 6.54 Å². The van der Waals surface area contributed by atoms with Gasteiger partial charge in [0.1, 0.15) is 0 Å². The summed E-state index contributed by atoms with van der Waals surface area (Å²) in [6, 6.07) is 5.28. The number of rotatable bonds is 7. The second kappa shape index (κ2) is 8.76. The van der Waals surface area contributed by atoms with E-state index in [9.17, 15) is 9.59 Å². The van der Waals surface area contributed by atoms with Gasteiger partial charge in [-0.05, 0) is 17.7 Å². The largest absolute Gasteiger partial charge is 0.493 e. The molecule has 1 aromatic carbocycles. The lowest BCUT2D eigenvalue weighted by Gasteiger charge is -2.16. The molecule has 25 heavy (non-hydrogen) atoms. The van der Waals surface area contributed by atoms with Crippen LogP contribution in [-0.2, 0) is 11.3 Å². The topological polar surface area (TPSA) is 104 Å². The third kappa shape index (κ3) is 4.75. The molecule has 1 heterocycles. The monoisotopic (exact) mass is 349 g/mol. The number of nitrogens with zero attached hydrogens (tertiary/aromatic N) is 2. The van der Waals surface area contributed by atoms with Crippen LogP contribution in [0.5, 0.6) is 11.5 Å². The van der Waals surface area contributed by atoms with Crippen LogP contribution in [0.15, 0.2) is 23.2 Å². The zero-order valence-electron chi connectivity index (χ0n) is 14.6. The summed E-state index contributed by atoms with van der Waals surface area (Å²) in [5, 5.41) is 8.71. The maximum Gasteiger partial charge on any atom is 0.324 e. The van der Waals surface area contributed by atoms with Crippen molar-refractivity contribution in [1.82, 2.24) is 20.9 Å². The molecular weight excluding hydrogens is 326 g/mol. The third-order valence-electron chi connectivity index (χ3n) is 3.70. The number of urea groups is 1. The average Bonchev–Trinajstić information content (AvgIpc) is 2.95. The van der Waals surface area contributed by atoms with Gasteiger partial charge in [-0.25, -0.2) is 4.79 Å². The van der Waals surface area contributed by atoms with Gasteiger partial charge in [0.25, 0.3) is 0 Å². The van der Waals surface area contributed by atoms with Gasteiger partial charge in [0.15, 0.2) is 17.5 Å². The summed E-state index contributed by atoms with van der Waals surface area (Å²) in [5.41, 5.74) is 0.995. The van der Waals surface area contributed by atoms with E-state index in [1.807, 2.05) is 18.2 Å². The van der Waals surface area contributed by atoms with Crippen molar-refractivity contribution < 1.29 is 19.1 Å². The van der Waals surface area contributed by atoms with E-state index >= 15 is 0 Å². The molecule has 136 valence electrons. The molecule has 0 spiro atoms. The molecule has 0 atom stereocenters. The van der Waals surface area contributed by atoms with Gasteiger partial charge in [0, 0.05) is 26.7 Å². The number of carbonyl (C=O) groups excluding carboxylic acids is 2. The summed E-state index contributed by atoms with van der Waals surface area (Å²) >= 11 is 0. The van der Waals surface area contributed by atoms with Crippen LogP contribution >= 0.6 is 0 Å². The molecule has 0 unspecified atom stereocenters. The lowest BCUT2D eigenvalue weighted by atomic mass is 10.2. The highest BCUT2D eigenvalue weighted by molar-refractivity contribution is 6.01. The highest BCUT2D eigenvalue weighted by atomic mass is 16.5. The molecule has 1 fully saturated rings. The van der Waals surface area contributed by atoms with Gasteiger partial charge < -0.3 is 25.4 Å². The average molecular weight is 349 g/mol. The summed E-state index contributed by atoms with van der Waals surface area (Å²) in [4.78, 5) is 28.2. The Balaban J connectivity index is 1.82. The van der Waals surface area contributed by atoms with E-state index in [0.29, 0.717) is 30.5 Å². The molecule has 9 nitrogen and oxygen atoms in total. The van der Waals surface area contributed by atoms with Crippen molar-refractivity contribution in [3.8, 4) is 11.5 Å².